The fourth-order valence-corrected chi connectivity index (χ4v) is 8.57. The Morgan fingerprint density at radius 2 is 1.60 bits per heavy atom. The summed E-state index contributed by atoms with van der Waals surface area (Å²) in [5, 5.41) is 1.70. The summed E-state index contributed by atoms with van der Waals surface area (Å²) >= 11 is 19.3. The SMILES string of the molecule is CCC1N(C(=O)Cc2cccc(Cl)c2)CCOC1(c1ccc(Cl)c(Cl)c1)[N+]12CCC(Cc3ccccc3)(CC1)CC2.[Cl-]. The Bertz CT molecular complexity index is 1390. The molecule has 0 spiro atoms. The molecule has 4 heterocycles. The smallest absolute Gasteiger partial charge is 0.251 e. The summed E-state index contributed by atoms with van der Waals surface area (Å²) in [6.07, 6.45) is 5.63. The molecule has 0 radical (unpaired) electrons. The number of hydrogen-bond acceptors (Lipinski definition) is 2. The van der Waals surface area contributed by atoms with E-state index >= 15 is 0 Å². The summed E-state index contributed by atoms with van der Waals surface area (Å²) < 4.78 is 7.89. The van der Waals surface area contributed by atoms with Crippen LogP contribution >= 0.6 is 34.8 Å². The molecule has 4 saturated heterocycles. The van der Waals surface area contributed by atoms with Gasteiger partial charge in [-0.15, -0.1) is 0 Å². The molecule has 2 unspecified atom stereocenters. The van der Waals surface area contributed by atoms with Gasteiger partial charge in [0.25, 0.3) is 5.72 Å². The largest absolute Gasteiger partial charge is 1.00 e. The number of carbonyl (C=O) groups excluding carboxylic acids is 1. The molecular weight excluding hydrogens is 610 g/mol. The van der Waals surface area contributed by atoms with Crippen LogP contribution in [-0.4, -0.2) is 54.1 Å². The van der Waals surface area contributed by atoms with Crippen molar-refractivity contribution in [1.82, 2.24) is 4.90 Å². The number of nitrogens with zero attached hydrogens (tertiary/aromatic N) is 2. The average molecular weight is 649 g/mol. The maximum atomic E-state index is 14.0. The van der Waals surface area contributed by atoms with Gasteiger partial charge in [0.05, 0.1) is 42.7 Å². The van der Waals surface area contributed by atoms with Crippen molar-refractivity contribution in [2.45, 2.75) is 57.2 Å². The molecule has 0 aliphatic carbocycles. The molecule has 224 valence electrons. The Morgan fingerprint density at radius 3 is 2.24 bits per heavy atom. The van der Waals surface area contributed by atoms with Crippen molar-refractivity contribution < 1.29 is 26.4 Å². The van der Waals surface area contributed by atoms with E-state index in [9.17, 15) is 4.79 Å². The molecular formula is C34H38Cl4N2O2. The molecule has 8 heteroatoms. The van der Waals surface area contributed by atoms with Crippen LogP contribution in [0.1, 0.15) is 49.3 Å². The Hall–Kier alpha value is -1.79. The van der Waals surface area contributed by atoms with Gasteiger partial charge in [0.15, 0.2) is 0 Å². The van der Waals surface area contributed by atoms with E-state index < -0.39 is 5.72 Å². The van der Waals surface area contributed by atoms with Crippen LogP contribution in [0.25, 0.3) is 0 Å². The third kappa shape index (κ3) is 5.60. The highest BCUT2D eigenvalue weighted by atomic mass is 35.5. The van der Waals surface area contributed by atoms with Crippen LogP contribution in [0.15, 0.2) is 72.8 Å². The molecule has 0 N–H and O–H groups in total. The van der Waals surface area contributed by atoms with E-state index in [1.165, 1.54) is 5.56 Å². The zero-order valence-electron chi connectivity index (χ0n) is 24.0. The summed E-state index contributed by atoms with van der Waals surface area (Å²) in [4.78, 5) is 16.1. The molecule has 0 aromatic heterocycles. The van der Waals surface area contributed by atoms with Crippen molar-refractivity contribution >= 4 is 40.7 Å². The lowest BCUT2D eigenvalue weighted by Crippen LogP contribution is -3.00. The zero-order valence-corrected chi connectivity index (χ0v) is 27.0. The molecule has 4 aliphatic heterocycles. The number of fused-ring (bicyclic) bond motifs is 3. The first-order valence-corrected chi connectivity index (χ1v) is 16.0. The predicted molar refractivity (Wildman–Crippen MR) is 166 cm³/mol. The minimum Gasteiger partial charge on any atom is -1.00 e. The maximum Gasteiger partial charge on any atom is 0.251 e. The van der Waals surface area contributed by atoms with Crippen LogP contribution in [0, 0.1) is 5.41 Å². The van der Waals surface area contributed by atoms with Crippen molar-refractivity contribution in [1.29, 1.82) is 0 Å². The van der Waals surface area contributed by atoms with Gasteiger partial charge in [-0.2, -0.15) is 0 Å². The minimum atomic E-state index is -0.718. The number of benzene rings is 3. The number of morpholine rings is 1. The molecule has 3 aromatic carbocycles. The third-order valence-electron chi connectivity index (χ3n) is 10.1. The van der Waals surface area contributed by atoms with Gasteiger partial charge in [-0.05, 0) is 59.7 Å². The zero-order chi connectivity index (χ0) is 28.7. The van der Waals surface area contributed by atoms with E-state index in [0.29, 0.717) is 40.1 Å². The first-order valence-electron chi connectivity index (χ1n) is 14.8. The fourth-order valence-electron chi connectivity index (χ4n) is 8.06. The standard InChI is InChI=1S/C34H38Cl3N2O2.ClH/c1-2-31-34(27-11-12-29(36)30(37)23-27,41-20-16-38(31)32(40)22-26-9-6-10-28(35)21-26)39-17-13-33(14-18-39,15-19-39)24-25-7-4-3-5-8-25;/h3-12,21,23,31H,2,13-20,22,24H2,1H3;1H/q+1;/p-1. The lowest BCUT2D eigenvalue weighted by atomic mass is 9.65. The van der Waals surface area contributed by atoms with Gasteiger partial charge in [0.1, 0.15) is 6.04 Å². The van der Waals surface area contributed by atoms with E-state index in [4.69, 9.17) is 39.5 Å². The van der Waals surface area contributed by atoms with E-state index in [2.05, 4.69) is 48.2 Å². The van der Waals surface area contributed by atoms with Gasteiger partial charge < -0.3 is 22.0 Å². The number of ether oxygens (including phenoxy) is 1. The number of carbonyl (C=O) groups is 1. The lowest BCUT2D eigenvalue weighted by molar-refractivity contribution is -1.03. The second kappa shape index (κ2) is 12.7. The van der Waals surface area contributed by atoms with Crippen LogP contribution < -0.4 is 12.4 Å². The van der Waals surface area contributed by atoms with Gasteiger partial charge in [0, 0.05) is 36.4 Å². The number of hydrogen-bond donors (Lipinski definition) is 0. The maximum absolute atomic E-state index is 14.0. The Morgan fingerprint density at radius 1 is 0.905 bits per heavy atom. The van der Waals surface area contributed by atoms with Crippen LogP contribution in [0.2, 0.25) is 15.1 Å². The number of rotatable bonds is 7. The number of amides is 1. The highest BCUT2D eigenvalue weighted by Gasteiger charge is 2.66. The van der Waals surface area contributed by atoms with E-state index in [1.807, 2.05) is 36.4 Å². The van der Waals surface area contributed by atoms with Gasteiger partial charge in [-0.3, -0.25) is 9.28 Å². The van der Waals surface area contributed by atoms with Gasteiger partial charge >= 0.3 is 0 Å². The first kappa shape index (κ1) is 31.6. The van der Waals surface area contributed by atoms with Gasteiger partial charge in [0.2, 0.25) is 5.91 Å². The van der Waals surface area contributed by atoms with Gasteiger partial charge in [-0.25, -0.2) is 0 Å². The topological polar surface area (TPSA) is 29.5 Å². The number of halogens is 4. The van der Waals surface area contributed by atoms with E-state index in [0.717, 1.165) is 67.3 Å². The Balaban J connectivity index is 0.00000353. The van der Waals surface area contributed by atoms with Crippen LogP contribution in [-0.2, 0) is 28.1 Å². The van der Waals surface area contributed by atoms with Gasteiger partial charge in [-0.1, -0.05) is 84.2 Å². The monoisotopic (exact) mass is 646 g/mol. The Labute approximate surface area is 270 Å². The van der Waals surface area contributed by atoms with Crippen molar-refractivity contribution in [3.05, 3.63) is 105 Å². The summed E-state index contributed by atoms with van der Waals surface area (Å²) in [7, 11) is 0. The van der Waals surface area contributed by atoms with Crippen LogP contribution in [0.5, 0.6) is 0 Å². The average Bonchev–Trinajstić information content (AvgIpc) is 2.99. The lowest BCUT2D eigenvalue weighted by Gasteiger charge is -2.65. The summed E-state index contributed by atoms with van der Waals surface area (Å²) in [6, 6.07) is 24.3. The predicted octanol–water partition coefficient (Wildman–Crippen LogP) is 4.93. The van der Waals surface area contributed by atoms with Crippen molar-refractivity contribution in [3.8, 4) is 0 Å². The fraction of sp³-hybridized carbons (Fsp3) is 0.441. The van der Waals surface area contributed by atoms with Crippen LogP contribution in [0.4, 0.5) is 0 Å². The second-order valence-electron chi connectivity index (χ2n) is 12.2. The minimum absolute atomic E-state index is 0. The molecule has 4 nitrogen and oxygen atoms in total. The third-order valence-corrected chi connectivity index (χ3v) is 11.1. The van der Waals surface area contributed by atoms with E-state index in [-0.39, 0.29) is 24.4 Å². The summed E-state index contributed by atoms with van der Waals surface area (Å²) in [6.45, 7) is 6.27. The van der Waals surface area contributed by atoms with E-state index in [1.54, 1.807) is 0 Å². The van der Waals surface area contributed by atoms with Crippen molar-refractivity contribution in [2.24, 2.45) is 5.41 Å². The highest BCUT2D eigenvalue weighted by Crippen LogP contribution is 2.55. The molecule has 4 fully saturated rings. The van der Waals surface area contributed by atoms with Crippen molar-refractivity contribution in [2.75, 3.05) is 32.8 Å². The Kier molecular flexibility index (Phi) is 9.54. The van der Waals surface area contributed by atoms with Crippen LogP contribution in [0.3, 0.4) is 0 Å². The molecule has 42 heavy (non-hydrogen) atoms. The second-order valence-corrected chi connectivity index (χ2v) is 13.5. The molecule has 4 aliphatic rings. The molecule has 0 saturated carbocycles. The van der Waals surface area contributed by atoms with Crippen molar-refractivity contribution in [3.63, 3.8) is 0 Å². The highest BCUT2D eigenvalue weighted by molar-refractivity contribution is 6.42. The molecule has 2 atom stereocenters. The number of piperidine rings is 3. The number of quaternary nitrogens is 1. The molecule has 3 aromatic rings. The normalized spacial score (nSPS) is 28.8. The quantitative estimate of drug-likeness (QED) is 0.341. The first-order chi connectivity index (χ1) is 19.8. The molecule has 7 rings (SSSR count). The summed E-state index contributed by atoms with van der Waals surface area (Å²) in [5.41, 5.74) is 2.98. The molecule has 1 amide bonds. The molecule has 2 bridgehead atoms. The summed E-state index contributed by atoms with van der Waals surface area (Å²) in [5.74, 6) is 0.109.